The Morgan fingerprint density at radius 3 is 2.39 bits per heavy atom. The van der Waals surface area contributed by atoms with E-state index in [1.54, 1.807) is 30.5 Å². The number of alkyl halides is 3. The molecule has 3 aromatic rings. The first kappa shape index (κ1) is 27.2. The number of halogens is 3. The molecule has 0 unspecified atom stereocenters. The van der Waals surface area contributed by atoms with Gasteiger partial charge in [-0.1, -0.05) is 26.0 Å². The van der Waals surface area contributed by atoms with Gasteiger partial charge in [-0.3, -0.25) is 14.2 Å². The standard InChI is InChI=1S/C27H30F3N5O3/c1-26(2)12-19(13-26)24(17-4-6-18(7-5-17)25(37)31-11-10-23(36)38-3)34-20-8-9-22(32-14-20)35-15-21(33-16-35)27(28,29)30/h4-9,14-16,19,24,34H,10-13H2,1-3H3,(H,31,37)/t24-/m1/s1. The zero-order valence-corrected chi connectivity index (χ0v) is 21.4. The summed E-state index contributed by atoms with van der Waals surface area (Å²) in [6, 6.07) is 10.7. The van der Waals surface area contributed by atoms with Crippen molar-refractivity contribution >= 4 is 17.6 Å². The molecule has 0 bridgehead atoms. The number of nitrogens with one attached hydrogen (secondary N) is 2. The Bertz CT molecular complexity index is 1260. The highest BCUT2D eigenvalue weighted by Gasteiger charge is 2.41. The molecule has 1 saturated carbocycles. The molecule has 38 heavy (non-hydrogen) atoms. The number of hydrogen-bond donors (Lipinski definition) is 2. The van der Waals surface area contributed by atoms with Crippen molar-refractivity contribution in [3.05, 3.63) is 71.9 Å². The number of carbonyl (C=O) groups is 2. The smallest absolute Gasteiger partial charge is 0.434 e. The molecule has 1 aliphatic carbocycles. The molecule has 2 heterocycles. The maximum Gasteiger partial charge on any atom is 0.434 e. The van der Waals surface area contributed by atoms with E-state index in [1.165, 1.54) is 11.7 Å². The van der Waals surface area contributed by atoms with Crippen LogP contribution >= 0.6 is 0 Å². The van der Waals surface area contributed by atoms with Gasteiger partial charge in [0.05, 0.1) is 31.5 Å². The monoisotopic (exact) mass is 529 g/mol. The molecule has 202 valence electrons. The number of carbonyl (C=O) groups excluding carboxylic acids is 2. The number of imidazole rings is 1. The van der Waals surface area contributed by atoms with Gasteiger partial charge in [-0.15, -0.1) is 0 Å². The highest BCUT2D eigenvalue weighted by atomic mass is 19.4. The number of anilines is 1. The summed E-state index contributed by atoms with van der Waals surface area (Å²) in [6.07, 6.45) is 1.19. The molecule has 1 amide bonds. The van der Waals surface area contributed by atoms with Gasteiger partial charge in [0.2, 0.25) is 0 Å². The second-order valence-corrected chi connectivity index (χ2v) is 10.2. The van der Waals surface area contributed by atoms with Crippen LogP contribution in [0.5, 0.6) is 0 Å². The summed E-state index contributed by atoms with van der Waals surface area (Å²) in [7, 11) is 1.30. The molecule has 4 rings (SSSR count). The third-order valence-corrected chi connectivity index (χ3v) is 6.68. The number of esters is 1. The lowest BCUT2D eigenvalue weighted by molar-refractivity contribution is -0.141. The number of benzene rings is 1. The first-order valence-electron chi connectivity index (χ1n) is 12.2. The average Bonchev–Trinajstić information content (AvgIpc) is 3.37. The Morgan fingerprint density at radius 2 is 1.84 bits per heavy atom. The summed E-state index contributed by atoms with van der Waals surface area (Å²) < 4.78 is 44.4. The molecular weight excluding hydrogens is 499 g/mol. The molecular formula is C27H30F3N5O3. The second-order valence-electron chi connectivity index (χ2n) is 10.2. The Morgan fingerprint density at radius 1 is 1.13 bits per heavy atom. The maximum atomic E-state index is 12.9. The van der Waals surface area contributed by atoms with E-state index < -0.39 is 17.8 Å². The summed E-state index contributed by atoms with van der Waals surface area (Å²) in [5, 5.41) is 6.23. The molecule has 11 heteroatoms. The van der Waals surface area contributed by atoms with Crippen LogP contribution < -0.4 is 10.6 Å². The van der Waals surface area contributed by atoms with Crippen molar-refractivity contribution in [3.63, 3.8) is 0 Å². The SMILES string of the molecule is COC(=O)CCNC(=O)c1ccc([C@@H](Nc2ccc(-n3cnc(C(F)(F)F)c3)nc2)C2CC(C)(C)C2)cc1. The Kier molecular flexibility index (Phi) is 7.75. The van der Waals surface area contributed by atoms with Crippen LogP contribution in [0.1, 0.15) is 60.8 Å². The van der Waals surface area contributed by atoms with Crippen LogP contribution in [0.2, 0.25) is 0 Å². The summed E-state index contributed by atoms with van der Waals surface area (Å²) in [5.41, 5.74) is 1.48. The number of pyridine rings is 1. The number of rotatable bonds is 9. The topological polar surface area (TPSA) is 98.1 Å². The third kappa shape index (κ3) is 6.51. The number of hydrogen-bond acceptors (Lipinski definition) is 6. The second kappa shape index (κ2) is 10.8. The maximum absolute atomic E-state index is 12.9. The Balaban J connectivity index is 1.46. The molecule has 0 saturated heterocycles. The molecule has 0 aliphatic heterocycles. The van der Waals surface area contributed by atoms with Crippen molar-refractivity contribution in [1.82, 2.24) is 19.9 Å². The average molecular weight is 530 g/mol. The summed E-state index contributed by atoms with van der Waals surface area (Å²) in [4.78, 5) is 31.4. The van der Waals surface area contributed by atoms with Gasteiger partial charge in [0.15, 0.2) is 5.69 Å². The van der Waals surface area contributed by atoms with Crippen molar-refractivity contribution < 1.29 is 27.5 Å². The van der Waals surface area contributed by atoms with Crippen LogP contribution in [0.25, 0.3) is 5.82 Å². The van der Waals surface area contributed by atoms with Crippen molar-refractivity contribution in [2.45, 2.75) is 45.3 Å². The molecule has 2 aromatic heterocycles. The normalized spacial score (nSPS) is 15.8. The molecule has 1 aliphatic rings. The van der Waals surface area contributed by atoms with E-state index in [4.69, 9.17) is 0 Å². The summed E-state index contributed by atoms with van der Waals surface area (Å²) in [6.45, 7) is 4.63. The number of amides is 1. The zero-order valence-electron chi connectivity index (χ0n) is 21.4. The molecule has 1 fully saturated rings. The van der Waals surface area contributed by atoms with Gasteiger partial charge >= 0.3 is 12.1 Å². The molecule has 0 spiro atoms. The zero-order chi connectivity index (χ0) is 27.5. The third-order valence-electron chi connectivity index (χ3n) is 6.68. The van der Waals surface area contributed by atoms with Gasteiger partial charge in [-0.05, 0) is 54.0 Å². The van der Waals surface area contributed by atoms with Crippen LogP contribution in [0.3, 0.4) is 0 Å². The van der Waals surface area contributed by atoms with Gasteiger partial charge < -0.3 is 15.4 Å². The van der Waals surface area contributed by atoms with Gasteiger partial charge in [0.25, 0.3) is 5.91 Å². The summed E-state index contributed by atoms with van der Waals surface area (Å²) >= 11 is 0. The molecule has 1 atom stereocenters. The highest BCUT2D eigenvalue weighted by molar-refractivity contribution is 5.94. The van der Waals surface area contributed by atoms with Crippen molar-refractivity contribution in [1.29, 1.82) is 0 Å². The minimum Gasteiger partial charge on any atom is -0.469 e. The fourth-order valence-electron chi connectivity index (χ4n) is 4.79. The minimum atomic E-state index is -4.52. The van der Waals surface area contributed by atoms with Gasteiger partial charge in [-0.2, -0.15) is 13.2 Å². The predicted octanol–water partition coefficient (Wildman–Crippen LogP) is 5.17. The number of aromatic nitrogens is 3. The van der Waals surface area contributed by atoms with Gasteiger partial charge in [-0.25, -0.2) is 9.97 Å². The molecule has 1 aromatic carbocycles. The van der Waals surface area contributed by atoms with E-state index in [-0.39, 0.29) is 30.3 Å². The largest absolute Gasteiger partial charge is 0.469 e. The van der Waals surface area contributed by atoms with Gasteiger partial charge in [0, 0.05) is 18.3 Å². The molecule has 2 N–H and O–H groups in total. The predicted molar refractivity (Wildman–Crippen MR) is 135 cm³/mol. The first-order valence-corrected chi connectivity index (χ1v) is 12.2. The molecule has 0 radical (unpaired) electrons. The Hall–Kier alpha value is -3.89. The van der Waals surface area contributed by atoms with Crippen LogP contribution in [0, 0.1) is 11.3 Å². The summed E-state index contributed by atoms with van der Waals surface area (Å²) in [5.74, 6) is 0.00847. The van der Waals surface area contributed by atoms with Crippen molar-refractivity contribution in [3.8, 4) is 5.82 Å². The lowest BCUT2D eigenvalue weighted by Crippen LogP contribution is -2.38. The van der Waals surface area contributed by atoms with E-state index in [2.05, 4.69) is 39.2 Å². The van der Waals surface area contributed by atoms with E-state index in [1.807, 2.05) is 12.1 Å². The van der Waals surface area contributed by atoms with Crippen LogP contribution in [0.15, 0.2) is 55.1 Å². The minimum absolute atomic E-state index is 0.0443. The van der Waals surface area contributed by atoms with E-state index in [0.717, 1.165) is 36.6 Å². The quantitative estimate of drug-likeness (QED) is 0.371. The van der Waals surface area contributed by atoms with Crippen molar-refractivity contribution in [2.24, 2.45) is 11.3 Å². The highest BCUT2D eigenvalue weighted by Crippen LogP contribution is 2.51. The van der Waals surface area contributed by atoms with E-state index in [0.29, 0.717) is 17.3 Å². The fourth-order valence-corrected chi connectivity index (χ4v) is 4.79. The van der Waals surface area contributed by atoms with Crippen LogP contribution in [-0.4, -0.2) is 40.1 Å². The van der Waals surface area contributed by atoms with E-state index >= 15 is 0 Å². The van der Waals surface area contributed by atoms with Crippen LogP contribution in [0.4, 0.5) is 18.9 Å². The first-order chi connectivity index (χ1) is 17.9. The Labute approximate surface area is 218 Å². The number of ether oxygens (including phenoxy) is 1. The number of methoxy groups -OCH3 is 1. The fraction of sp³-hybridized carbons (Fsp3) is 0.407. The lowest BCUT2D eigenvalue weighted by Gasteiger charge is -2.47. The van der Waals surface area contributed by atoms with Gasteiger partial charge in [0.1, 0.15) is 12.1 Å². The molecule has 8 nitrogen and oxygen atoms in total. The van der Waals surface area contributed by atoms with Crippen molar-refractivity contribution in [2.75, 3.05) is 19.0 Å². The number of nitrogens with zero attached hydrogens (tertiary/aromatic N) is 3. The lowest BCUT2D eigenvalue weighted by atomic mass is 9.61. The van der Waals surface area contributed by atoms with E-state index in [9.17, 15) is 22.8 Å². The van der Waals surface area contributed by atoms with Crippen LogP contribution in [-0.2, 0) is 15.7 Å².